The van der Waals surface area contributed by atoms with Crippen molar-refractivity contribution in [1.82, 2.24) is 4.90 Å². The molecule has 1 fully saturated rings. The van der Waals surface area contributed by atoms with Gasteiger partial charge in [0.1, 0.15) is 6.04 Å². The number of carbonyl (C=O) groups is 2. The minimum absolute atomic E-state index is 0.287. The van der Waals surface area contributed by atoms with Gasteiger partial charge in [0.25, 0.3) is 5.91 Å². The van der Waals surface area contributed by atoms with Crippen molar-refractivity contribution in [3.63, 3.8) is 0 Å². The average molecular weight is 440 g/mol. The van der Waals surface area contributed by atoms with Gasteiger partial charge in [-0.15, -0.1) is 0 Å². The Kier molecular flexibility index (Phi) is 5.80. The van der Waals surface area contributed by atoms with Gasteiger partial charge in [0.05, 0.1) is 16.6 Å². The number of carboxylic acids is 1. The van der Waals surface area contributed by atoms with Crippen LogP contribution >= 0.6 is 23.2 Å². The molecule has 2 unspecified atom stereocenters. The second-order valence-corrected chi connectivity index (χ2v) is 8.02. The lowest BCUT2D eigenvalue weighted by Gasteiger charge is -2.30. The number of rotatable bonds is 4. The van der Waals surface area contributed by atoms with Crippen LogP contribution < -0.4 is 0 Å². The van der Waals surface area contributed by atoms with Gasteiger partial charge < -0.3 is 10.0 Å². The molecule has 1 saturated heterocycles. The number of likely N-dealkylation sites (tertiary alicyclic amines) is 1. The maximum atomic E-state index is 13.8. The fraction of sp³-hybridized carbons (Fsp3) is 0.167. The molecule has 4 nitrogen and oxygen atoms in total. The highest BCUT2D eigenvalue weighted by atomic mass is 35.5. The highest BCUT2D eigenvalue weighted by molar-refractivity contribution is 6.35. The van der Waals surface area contributed by atoms with E-state index in [0.29, 0.717) is 29.0 Å². The Balaban J connectivity index is 1.84. The number of hydrogen-bond donors (Lipinski definition) is 1. The number of hydrogen-bond acceptors (Lipinski definition) is 2. The van der Waals surface area contributed by atoms with E-state index in [1.54, 1.807) is 18.2 Å². The smallest absolute Gasteiger partial charge is 0.326 e. The van der Waals surface area contributed by atoms with E-state index in [1.807, 2.05) is 54.6 Å². The molecule has 0 aliphatic carbocycles. The Bertz CT molecular complexity index is 1100. The third kappa shape index (κ3) is 3.69. The molecule has 1 heterocycles. The Morgan fingerprint density at radius 1 is 0.833 bits per heavy atom. The van der Waals surface area contributed by atoms with Crippen LogP contribution in [0.3, 0.4) is 0 Å². The Morgan fingerprint density at radius 3 is 2.20 bits per heavy atom. The number of carboxylic acid groups (broad SMARTS) is 1. The van der Waals surface area contributed by atoms with Crippen LogP contribution in [0, 0.1) is 0 Å². The molecule has 0 aromatic heterocycles. The molecule has 1 amide bonds. The predicted octanol–water partition coefficient (Wildman–Crippen LogP) is 6.09. The zero-order valence-corrected chi connectivity index (χ0v) is 17.5. The zero-order chi connectivity index (χ0) is 21.3. The van der Waals surface area contributed by atoms with Crippen LogP contribution in [0.2, 0.25) is 10.0 Å². The van der Waals surface area contributed by atoms with Crippen LogP contribution in [0.15, 0.2) is 72.8 Å². The fourth-order valence-corrected chi connectivity index (χ4v) is 4.63. The Hall–Kier alpha value is -2.82. The number of amides is 1. The van der Waals surface area contributed by atoms with E-state index in [9.17, 15) is 14.7 Å². The third-order valence-electron chi connectivity index (χ3n) is 5.48. The number of benzene rings is 3. The quantitative estimate of drug-likeness (QED) is 0.534. The summed E-state index contributed by atoms with van der Waals surface area (Å²) >= 11 is 12.9. The second-order valence-electron chi connectivity index (χ2n) is 7.21. The molecule has 0 spiro atoms. The monoisotopic (exact) mass is 439 g/mol. The van der Waals surface area contributed by atoms with Gasteiger partial charge in [-0.25, -0.2) is 4.79 Å². The maximum absolute atomic E-state index is 13.8. The van der Waals surface area contributed by atoms with Gasteiger partial charge in [0.2, 0.25) is 0 Å². The summed E-state index contributed by atoms with van der Waals surface area (Å²) in [5.74, 6) is -1.44. The van der Waals surface area contributed by atoms with Crippen molar-refractivity contribution in [2.75, 3.05) is 0 Å². The molecular weight excluding hydrogens is 421 g/mol. The van der Waals surface area contributed by atoms with Crippen LogP contribution in [0.5, 0.6) is 0 Å². The summed E-state index contributed by atoms with van der Waals surface area (Å²) < 4.78 is 0. The van der Waals surface area contributed by atoms with E-state index in [4.69, 9.17) is 23.2 Å². The van der Waals surface area contributed by atoms with Gasteiger partial charge in [-0.3, -0.25) is 4.79 Å². The predicted molar refractivity (Wildman–Crippen MR) is 118 cm³/mol. The molecule has 3 aromatic rings. The van der Waals surface area contributed by atoms with Gasteiger partial charge in [0, 0.05) is 5.02 Å². The van der Waals surface area contributed by atoms with Crippen LogP contribution in [0.25, 0.3) is 11.1 Å². The van der Waals surface area contributed by atoms with Crippen molar-refractivity contribution >= 4 is 35.1 Å². The highest BCUT2D eigenvalue weighted by Gasteiger charge is 2.43. The van der Waals surface area contributed by atoms with Crippen LogP contribution in [-0.2, 0) is 4.79 Å². The van der Waals surface area contributed by atoms with Gasteiger partial charge in [-0.05, 0) is 41.7 Å². The van der Waals surface area contributed by atoms with E-state index < -0.39 is 24.0 Å². The van der Waals surface area contributed by atoms with Gasteiger partial charge in [-0.2, -0.15) is 0 Å². The minimum atomic E-state index is -1.04. The van der Waals surface area contributed by atoms with E-state index in [0.717, 1.165) is 11.1 Å². The third-order valence-corrected chi connectivity index (χ3v) is 6.14. The van der Waals surface area contributed by atoms with Gasteiger partial charge in [0.15, 0.2) is 0 Å². The largest absolute Gasteiger partial charge is 0.480 e. The van der Waals surface area contributed by atoms with Gasteiger partial charge >= 0.3 is 5.97 Å². The molecule has 30 heavy (non-hydrogen) atoms. The first kappa shape index (κ1) is 20.5. The molecular formula is C24H19Cl2NO3. The lowest BCUT2D eigenvalue weighted by atomic mass is 9.97. The number of carbonyl (C=O) groups excluding carboxylic acids is 1. The number of aliphatic carboxylic acids is 1. The molecule has 1 aliphatic rings. The first-order valence-electron chi connectivity index (χ1n) is 9.63. The zero-order valence-electron chi connectivity index (χ0n) is 16.0. The summed E-state index contributed by atoms with van der Waals surface area (Å²) in [5.41, 5.74) is 2.55. The molecule has 1 aliphatic heterocycles. The molecule has 6 heteroatoms. The van der Waals surface area contributed by atoms with E-state index in [1.165, 1.54) is 4.90 Å². The first-order valence-corrected chi connectivity index (χ1v) is 10.4. The Morgan fingerprint density at radius 2 is 1.50 bits per heavy atom. The SMILES string of the molecule is O=C(O)C1CCC(c2ccccc2Cl)N1C(=O)c1c(Cl)cccc1-c1ccccc1. The van der Waals surface area contributed by atoms with Crippen molar-refractivity contribution in [2.45, 2.75) is 24.9 Å². The van der Waals surface area contributed by atoms with Crippen LogP contribution in [0.4, 0.5) is 0 Å². The Labute approximate surface area is 184 Å². The minimum Gasteiger partial charge on any atom is -0.480 e. The lowest BCUT2D eigenvalue weighted by Crippen LogP contribution is -2.42. The molecule has 152 valence electrons. The summed E-state index contributed by atoms with van der Waals surface area (Å²) in [5, 5.41) is 10.6. The molecule has 0 radical (unpaired) electrons. The molecule has 0 saturated carbocycles. The number of halogens is 2. The summed E-state index contributed by atoms with van der Waals surface area (Å²) in [6, 6.07) is 20.6. The topological polar surface area (TPSA) is 57.6 Å². The summed E-state index contributed by atoms with van der Waals surface area (Å²) in [6.07, 6.45) is 0.861. The molecule has 4 rings (SSSR count). The van der Waals surface area contributed by atoms with Crippen LogP contribution in [0.1, 0.15) is 34.8 Å². The molecule has 1 N–H and O–H groups in total. The van der Waals surface area contributed by atoms with Crippen molar-refractivity contribution < 1.29 is 14.7 Å². The van der Waals surface area contributed by atoms with Crippen molar-refractivity contribution in [2.24, 2.45) is 0 Å². The van der Waals surface area contributed by atoms with Gasteiger partial charge in [-0.1, -0.05) is 83.9 Å². The maximum Gasteiger partial charge on any atom is 0.326 e. The normalized spacial score (nSPS) is 18.4. The highest BCUT2D eigenvalue weighted by Crippen LogP contribution is 2.42. The van der Waals surface area contributed by atoms with E-state index in [2.05, 4.69) is 0 Å². The van der Waals surface area contributed by atoms with Crippen molar-refractivity contribution in [3.05, 3.63) is 94.0 Å². The summed E-state index contributed by atoms with van der Waals surface area (Å²) in [4.78, 5) is 27.2. The van der Waals surface area contributed by atoms with Crippen LogP contribution in [-0.4, -0.2) is 27.9 Å². The molecule has 3 aromatic carbocycles. The van der Waals surface area contributed by atoms with E-state index in [-0.39, 0.29) is 5.02 Å². The summed E-state index contributed by atoms with van der Waals surface area (Å²) in [7, 11) is 0. The number of nitrogens with zero attached hydrogens (tertiary/aromatic N) is 1. The fourth-order valence-electron chi connectivity index (χ4n) is 4.12. The summed E-state index contributed by atoms with van der Waals surface area (Å²) in [6.45, 7) is 0. The standard InChI is InChI=1S/C24H19Cl2NO3/c25-18-11-5-4-9-17(18)20-13-14-21(24(29)30)27(20)23(28)22-16(10-6-12-19(22)26)15-7-2-1-3-8-15/h1-12,20-21H,13-14H2,(H,29,30). The molecule has 0 bridgehead atoms. The average Bonchev–Trinajstić information content (AvgIpc) is 3.19. The second kappa shape index (κ2) is 8.50. The first-order chi connectivity index (χ1) is 14.5. The molecule has 2 atom stereocenters. The lowest BCUT2D eigenvalue weighted by molar-refractivity contribution is -0.141. The van der Waals surface area contributed by atoms with Crippen molar-refractivity contribution in [1.29, 1.82) is 0 Å². The van der Waals surface area contributed by atoms with E-state index >= 15 is 0 Å². The van der Waals surface area contributed by atoms with Crippen molar-refractivity contribution in [3.8, 4) is 11.1 Å².